The number of ether oxygens (including phenoxy) is 4. The largest absolute Gasteiger partial charge is 0.354 e. The molecule has 30 heavy (non-hydrogen) atoms. The maximum absolute atomic E-state index is 6.15. The van der Waals surface area contributed by atoms with Crippen molar-refractivity contribution in [2.24, 2.45) is 0 Å². The molecule has 0 atom stereocenters. The molecule has 0 N–H and O–H groups in total. The molecule has 0 radical (unpaired) electrons. The van der Waals surface area contributed by atoms with E-state index < -0.39 is 19.0 Å². The highest BCUT2D eigenvalue weighted by Gasteiger charge is 2.33. The lowest BCUT2D eigenvalue weighted by Crippen LogP contribution is -2.45. The van der Waals surface area contributed by atoms with Gasteiger partial charge in [-0.05, 0) is 47.3 Å². The molecule has 0 saturated heterocycles. The van der Waals surface area contributed by atoms with Gasteiger partial charge in [-0.3, -0.25) is 0 Å². The lowest BCUT2D eigenvalue weighted by molar-refractivity contribution is -0.159. The Hall–Kier alpha value is 1.67. The summed E-state index contributed by atoms with van der Waals surface area (Å²) in [5.41, 5.74) is -0.621. The van der Waals surface area contributed by atoms with Gasteiger partial charge in [0.2, 0.25) is 0 Å². The van der Waals surface area contributed by atoms with E-state index in [2.05, 4.69) is 41.5 Å². The lowest BCUT2D eigenvalue weighted by atomic mass is 10.4. The first-order valence-corrected chi connectivity index (χ1v) is 20.3. The fourth-order valence-corrected chi connectivity index (χ4v) is 16.1. The summed E-state index contributed by atoms with van der Waals surface area (Å²) in [4.78, 5) is 0. The first-order chi connectivity index (χ1) is 14.6. The number of hydrogen-bond acceptors (Lipinski definition) is 8. The molecule has 182 valence electrons. The first kappa shape index (κ1) is 31.7. The van der Waals surface area contributed by atoms with Crippen LogP contribution < -0.4 is 0 Å². The molecular weight excluding hydrogens is 489 g/mol. The third kappa shape index (κ3) is 14.7. The van der Waals surface area contributed by atoms with Crippen molar-refractivity contribution in [3.05, 3.63) is 0 Å². The van der Waals surface area contributed by atoms with Crippen molar-refractivity contribution in [1.82, 2.24) is 0 Å². The summed E-state index contributed by atoms with van der Waals surface area (Å²) < 4.78 is 24.6. The van der Waals surface area contributed by atoms with Crippen molar-refractivity contribution in [2.75, 3.05) is 37.9 Å². The topological polar surface area (TPSA) is 36.9 Å². The van der Waals surface area contributed by atoms with E-state index in [9.17, 15) is 0 Å². The molecule has 0 aliphatic rings. The van der Waals surface area contributed by atoms with E-state index >= 15 is 0 Å². The highest BCUT2D eigenvalue weighted by molar-refractivity contribution is 9.26. The van der Waals surface area contributed by atoms with E-state index in [0.717, 1.165) is 37.9 Å². The Balaban J connectivity index is 4.53. The highest BCUT2D eigenvalue weighted by atomic mass is 33.7. The normalized spacial score (nSPS) is 13.4. The Kier molecular flexibility index (Phi) is 22.4. The van der Waals surface area contributed by atoms with Crippen LogP contribution in [0, 0.1) is 0 Å². The van der Waals surface area contributed by atoms with E-state index in [1.54, 1.807) is 0 Å². The van der Waals surface area contributed by atoms with Crippen LogP contribution in [-0.4, -0.2) is 67.8 Å². The number of rotatable bonds is 23. The molecule has 0 amide bonds. The molecule has 0 fully saturated rings. The van der Waals surface area contributed by atoms with Crippen LogP contribution in [0.15, 0.2) is 0 Å². The summed E-state index contributed by atoms with van der Waals surface area (Å²) in [7, 11) is 6.56. The second-order valence-electron chi connectivity index (χ2n) is 7.13. The van der Waals surface area contributed by atoms with Crippen LogP contribution in [-0.2, 0) is 18.9 Å². The monoisotopic (exact) mass is 534 g/mol. The minimum atomic E-state index is -0.431. The van der Waals surface area contributed by atoms with Crippen LogP contribution in [0.3, 0.4) is 0 Å². The summed E-state index contributed by atoms with van der Waals surface area (Å²) in [5, 5.41) is 0. The molecule has 0 saturated carbocycles. The van der Waals surface area contributed by atoms with Crippen LogP contribution in [0.5, 0.6) is 0 Å². The van der Waals surface area contributed by atoms with Crippen LogP contribution in [0.4, 0.5) is 0 Å². The van der Waals surface area contributed by atoms with Crippen molar-refractivity contribution in [3.63, 3.8) is 0 Å². The van der Waals surface area contributed by atoms with Gasteiger partial charge in [0, 0.05) is 26.4 Å². The quantitative estimate of drug-likeness (QED) is 0.0695. The van der Waals surface area contributed by atoms with Gasteiger partial charge in [-0.25, -0.2) is 0 Å². The van der Waals surface area contributed by atoms with Gasteiger partial charge in [-0.2, -0.15) is 0 Å². The van der Waals surface area contributed by atoms with Gasteiger partial charge in [-0.15, -0.1) is 0 Å². The molecule has 0 aromatic heterocycles. The molecule has 0 aliphatic carbocycles. The van der Waals surface area contributed by atoms with E-state index in [1.807, 2.05) is 41.2 Å². The minimum Gasteiger partial charge on any atom is -0.354 e. The maximum Gasteiger partial charge on any atom is 0.154 e. The molecule has 0 spiro atoms. The Morgan fingerprint density at radius 3 is 1.17 bits per heavy atom. The molecule has 0 aliphatic heterocycles. The van der Waals surface area contributed by atoms with Gasteiger partial charge >= 0.3 is 0 Å². The van der Waals surface area contributed by atoms with E-state index in [4.69, 9.17) is 18.9 Å². The Bertz CT molecular complexity index is 339. The van der Waals surface area contributed by atoms with E-state index in [1.165, 1.54) is 37.8 Å². The zero-order chi connectivity index (χ0) is 22.6. The second kappa shape index (κ2) is 21.2. The smallest absolute Gasteiger partial charge is 0.154 e. The van der Waals surface area contributed by atoms with Gasteiger partial charge < -0.3 is 18.9 Å². The fraction of sp³-hybridized carbons (Fsp3) is 1.00. The third-order valence-corrected chi connectivity index (χ3v) is 16.5. The first-order valence-electron chi connectivity index (χ1n) is 11.7. The Morgan fingerprint density at radius 2 is 0.900 bits per heavy atom. The van der Waals surface area contributed by atoms with Gasteiger partial charge in [0.05, 0.1) is 30.5 Å². The minimum absolute atomic E-state index is 0.310. The molecule has 0 aromatic rings. The molecule has 0 rings (SSSR count). The Labute approximate surface area is 206 Å². The molecule has 0 unspecified atom stereocenters. The van der Waals surface area contributed by atoms with Gasteiger partial charge in [0.25, 0.3) is 0 Å². The third-order valence-electron chi connectivity index (χ3n) is 4.63. The molecule has 0 heterocycles. The lowest BCUT2D eigenvalue weighted by Gasteiger charge is -2.33. The van der Waals surface area contributed by atoms with E-state index in [-0.39, 0.29) is 10.8 Å². The van der Waals surface area contributed by atoms with Gasteiger partial charge in [0.15, 0.2) is 10.8 Å². The average molecular weight is 535 g/mol. The summed E-state index contributed by atoms with van der Waals surface area (Å²) in [6.45, 7) is 15.7. The molecule has 10 heteroatoms. The number of hydrogen-bond donors (Lipinski definition) is 0. The zero-order valence-electron chi connectivity index (χ0n) is 20.2. The standard InChI is InChI=1S/C20H46O4S4Si2/c1-7-13-15-29-19(21-9-3,22-10-4)17-25-27-28-26-18-20(23-11-5,24-12-6)30-16-14-8-2/h7-18,29-30H2,1-6H3. The van der Waals surface area contributed by atoms with Crippen molar-refractivity contribution in [1.29, 1.82) is 0 Å². The number of unbranched alkanes of at least 4 members (excludes halogenated alkanes) is 2. The van der Waals surface area contributed by atoms with Gasteiger partial charge in [-0.1, -0.05) is 73.2 Å². The Morgan fingerprint density at radius 1 is 0.567 bits per heavy atom. The maximum atomic E-state index is 6.15. The molecular formula is C20H46O4S4Si2. The van der Waals surface area contributed by atoms with Crippen LogP contribution >= 0.6 is 41.2 Å². The molecule has 4 nitrogen and oxygen atoms in total. The zero-order valence-corrected chi connectivity index (χ0v) is 26.3. The molecule has 0 aromatic carbocycles. The van der Waals surface area contributed by atoms with Crippen molar-refractivity contribution < 1.29 is 18.9 Å². The molecule has 0 bridgehead atoms. The van der Waals surface area contributed by atoms with Gasteiger partial charge in [0.1, 0.15) is 0 Å². The van der Waals surface area contributed by atoms with Crippen molar-refractivity contribution >= 4 is 60.3 Å². The summed E-state index contributed by atoms with van der Waals surface area (Å²) >= 11 is 0. The van der Waals surface area contributed by atoms with Crippen LogP contribution in [0.2, 0.25) is 12.1 Å². The SMILES string of the molecule is CCCC[SiH2]C(CSSSSCC(OCC)(OCC)[SiH2]CCCC)(OCC)OCC. The average Bonchev–Trinajstić information content (AvgIpc) is 2.72. The van der Waals surface area contributed by atoms with Crippen molar-refractivity contribution in [2.45, 2.75) is 90.1 Å². The summed E-state index contributed by atoms with van der Waals surface area (Å²) in [6.07, 6.45) is 5.07. The fourth-order valence-electron chi connectivity index (χ4n) is 3.29. The summed E-state index contributed by atoms with van der Waals surface area (Å²) in [6, 6.07) is 2.58. The van der Waals surface area contributed by atoms with E-state index in [0.29, 0.717) is 0 Å². The summed E-state index contributed by atoms with van der Waals surface area (Å²) in [5.74, 6) is 1.83. The predicted molar refractivity (Wildman–Crippen MR) is 149 cm³/mol. The highest BCUT2D eigenvalue weighted by Crippen LogP contribution is 2.46. The second-order valence-corrected chi connectivity index (χ2v) is 17.7. The van der Waals surface area contributed by atoms with Crippen LogP contribution in [0.25, 0.3) is 0 Å². The predicted octanol–water partition coefficient (Wildman–Crippen LogP) is 5.89. The van der Waals surface area contributed by atoms with Crippen LogP contribution in [0.1, 0.15) is 67.2 Å². The van der Waals surface area contributed by atoms with Crippen molar-refractivity contribution in [3.8, 4) is 0 Å².